The van der Waals surface area contributed by atoms with Gasteiger partial charge in [0.2, 0.25) is 0 Å². The third-order valence-electron chi connectivity index (χ3n) is 2.55. The molecule has 94 valence electrons. The van der Waals surface area contributed by atoms with Crippen LogP contribution in [0, 0.1) is 0 Å². The summed E-state index contributed by atoms with van der Waals surface area (Å²) < 4.78 is 1.05. The van der Waals surface area contributed by atoms with Crippen molar-refractivity contribution in [2.24, 2.45) is 0 Å². The molecule has 0 amide bonds. The van der Waals surface area contributed by atoms with Crippen molar-refractivity contribution in [3.05, 3.63) is 50.6 Å². The van der Waals surface area contributed by atoms with Crippen LogP contribution in [0.1, 0.15) is 15.2 Å². The number of rotatable bonds is 4. The molecule has 3 nitrogen and oxygen atoms in total. The Bertz CT molecular complexity index is 568. The number of benzene rings is 1. The van der Waals surface area contributed by atoms with E-state index >= 15 is 0 Å². The second-order valence-electron chi connectivity index (χ2n) is 3.96. The average Bonchev–Trinajstić information content (AvgIpc) is 2.78. The van der Waals surface area contributed by atoms with Gasteiger partial charge in [-0.25, -0.2) is 4.79 Å². The van der Waals surface area contributed by atoms with Crippen molar-refractivity contribution in [2.45, 2.75) is 6.54 Å². The Morgan fingerprint density at radius 2 is 2.22 bits per heavy atom. The Kier molecular flexibility index (Phi) is 4.04. The average molecular weight is 326 g/mol. The summed E-state index contributed by atoms with van der Waals surface area (Å²) in [5.41, 5.74) is 2.10. The van der Waals surface area contributed by atoms with Gasteiger partial charge in [0.25, 0.3) is 0 Å². The first kappa shape index (κ1) is 13.1. The third-order valence-corrected chi connectivity index (χ3v) is 3.94. The van der Waals surface area contributed by atoms with E-state index in [1.807, 2.05) is 35.5 Å². The molecule has 0 unspecified atom stereocenters. The minimum atomic E-state index is -0.873. The van der Waals surface area contributed by atoms with Gasteiger partial charge in [0.05, 0.1) is 0 Å². The highest BCUT2D eigenvalue weighted by Crippen LogP contribution is 2.24. The van der Waals surface area contributed by atoms with Crippen molar-refractivity contribution in [2.75, 3.05) is 11.9 Å². The number of anilines is 1. The summed E-state index contributed by atoms with van der Waals surface area (Å²) >= 11 is 4.69. The molecule has 0 fully saturated rings. The second-order valence-corrected chi connectivity index (χ2v) is 5.79. The first-order valence-corrected chi connectivity index (χ1v) is 7.01. The topological polar surface area (TPSA) is 40.5 Å². The predicted molar refractivity (Wildman–Crippen MR) is 77.5 cm³/mol. The first-order valence-electron chi connectivity index (χ1n) is 5.33. The number of carbonyl (C=O) groups is 1. The molecule has 0 spiro atoms. The van der Waals surface area contributed by atoms with Crippen LogP contribution in [0.25, 0.3) is 0 Å². The van der Waals surface area contributed by atoms with Gasteiger partial charge in [-0.2, -0.15) is 0 Å². The molecule has 0 saturated heterocycles. The number of hydrogen-bond donors (Lipinski definition) is 1. The minimum Gasteiger partial charge on any atom is -0.477 e. The zero-order chi connectivity index (χ0) is 13.1. The Labute approximate surface area is 118 Å². The Balaban J connectivity index is 2.11. The molecular formula is C13H12BrNO2S. The van der Waals surface area contributed by atoms with Gasteiger partial charge >= 0.3 is 5.97 Å². The molecule has 0 aliphatic carbocycles. The monoisotopic (exact) mass is 325 g/mol. The summed E-state index contributed by atoms with van der Waals surface area (Å²) in [6.07, 6.45) is 0. The number of aromatic carboxylic acids is 1. The zero-order valence-electron chi connectivity index (χ0n) is 9.76. The zero-order valence-corrected chi connectivity index (χ0v) is 12.2. The van der Waals surface area contributed by atoms with E-state index in [1.165, 1.54) is 16.9 Å². The van der Waals surface area contributed by atoms with Gasteiger partial charge < -0.3 is 10.0 Å². The van der Waals surface area contributed by atoms with Crippen LogP contribution in [0.3, 0.4) is 0 Å². The first-order chi connectivity index (χ1) is 8.56. The molecule has 2 aromatic rings. The van der Waals surface area contributed by atoms with E-state index in [9.17, 15) is 4.79 Å². The molecule has 0 aliphatic heterocycles. The van der Waals surface area contributed by atoms with Crippen LogP contribution in [0.2, 0.25) is 0 Å². The molecule has 0 aliphatic rings. The lowest BCUT2D eigenvalue weighted by molar-refractivity contribution is 0.0702. The molecule has 5 heteroatoms. The van der Waals surface area contributed by atoms with Gasteiger partial charge in [-0.1, -0.05) is 28.1 Å². The minimum absolute atomic E-state index is 0.367. The van der Waals surface area contributed by atoms with E-state index in [0.29, 0.717) is 4.88 Å². The van der Waals surface area contributed by atoms with Crippen LogP contribution in [0.5, 0.6) is 0 Å². The number of carboxylic acid groups (broad SMARTS) is 1. The Morgan fingerprint density at radius 3 is 2.83 bits per heavy atom. The maximum atomic E-state index is 10.8. The smallest absolute Gasteiger partial charge is 0.345 e. The maximum absolute atomic E-state index is 10.8. The standard InChI is InChI=1S/C13H12BrNO2S/c1-15(7-9-3-2-4-10(14)5-9)11-6-12(13(16)17)18-8-11/h2-6,8H,7H2,1H3,(H,16,17). The van der Waals surface area contributed by atoms with Crippen molar-refractivity contribution in [1.29, 1.82) is 0 Å². The highest BCUT2D eigenvalue weighted by Gasteiger charge is 2.10. The van der Waals surface area contributed by atoms with Crippen molar-refractivity contribution in [3.63, 3.8) is 0 Å². The Hall–Kier alpha value is -1.33. The van der Waals surface area contributed by atoms with Gasteiger partial charge in [0.15, 0.2) is 0 Å². The summed E-state index contributed by atoms with van der Waals surface area (Å²) in [7, 11) is 1.95. The van der Waals surface area contributed by atoms with Gasteiger partial charge in [0, 0.05) is 29.1 Å². The van der Waals surface area contributed by atoms with Gasteiger partial charge in [-0.3, -0.25) is 0 Å². The molecule has 0 atom stereocenters. The second kappa shape index (κ2) is 5.54. The van der Waals surface area contributed by atoms with Crippen molar-refractivity contribution < 1.29 is 9.90 Å². The predicted octanol–water partition coefficient (Wildman–Crippen LogP) is 3.85. The third kappa shape index (κ3) is 3.11. The number of halogens is 1. The Morgan fingerprint density at radius 1 is 1.44 bits per heavy atom. The number of carboxylic acids is 1. The molecule has 1 heterocycles. The fourth-order valence-corrected chi connectivity index (χ4v) is 2.87. The SMILES string of the molecule is CN(Cc1cccc(Br)c1)c1csc(C(=O)O)c1. The largest absolute Gasteiger partial charge is 0.477 e. The molecule has 1 N–H and O–H groups in total. The van der Waals surface area contributed by atoms with E-state index in [1.54, 1.807) is 6.07 Å². The number of nitrogens with zero attached hydrogens (tertiary/aromatic N) is 1. The van der Waals surface area contributed by atoms with Gasteiger partial charge in [-0.05, 0) is 23.8 Å². The maximum Gasteiger partial charge on any atom is 0.345 e. The lowest BCUT2D eigenvalue weighted by Gasteiger charge is -2.17. The van der Waals surface area contributed by atoms with Crippen molar-refractivity contribution in [3.8, 4) is 0 Å². The number of thiophene rings is 1. The molecule has 0 radical (unpaired) electrons. The summed E-state index contributed by atoms with van der Waals surface area (Å²) in [6.45, 7) is 0.745. The molecule has 18 heavy (non-hydrogen) atoms. The van der Waals surface area contributed by atoms with Crippen LogP contribution < -0.4 is 4.90 Å². The van der Waals surface area contributed by atoms with Gasteiger partial charge in [-0.15, -0.1) is 11.3 Å². The molecule has 0 saturated carbocycles. The van der Waals surface area contributed by atoms with Crippen LogP contribution in [-0.4, -0.2) is 18.1 Å². The summed E-state index contributed by atoms with van der Waals surface area (Å²) in [6, 6.07) is 9.78. The molecule has 1 aromatic heterocycles. The summed E-state index contributed by atoms with van der Waals surface area (Å²) in [5, 5.41) is 10.8. The highest BCUT2D eigenvalue weighted by atomic mass is 79.9. The van der Waals surface area contributed by atoms with E-state index in [4.69, 9.17) is 5.11 Å². The fraction of sp³-hybridized carbons (Fsp3) is 0.154. The molecule has 0 bridgehead atoms. The normalized spacial score (nSPS) is 10.3. The highest BCUT2D eigenvalue weighted by molar-refractivity contribution is 9.10. The van der Waals surface area contributed by atoms with E-state index in [-0.39, 0.29) is 0 Å². The molecular weight excluding hydrogens is 314 g/mol. The van der Waals surface area contributed by atoms with E-state index in [2.05, 4.69) is 22.0 Å². The van der Waals surface area contributed by atoms with E-state index < -0.39 is 5.97 Å². The molecule has 1 aromatic carbocycles. The van der Waals surface area contributed by atoms with Crippen molar-refractivity contribution >= 4 is 38.9 Å². The van der Waals surface area contributed by atoms with Crippen LogP contribution in [-0.2, 0) is 6.54 Å². The number of hydrogen-bond acceptors (Lipinski definition) is 3. The lowest BCUT2D eigenvalue weighted by Crippen LogP contribution is -2.15. The van der Waals surface area contributed by atoms with E-state index in [0.717, 1.165) is 16.7 Å². The van der Waals surface area contributed by atoms with Crippen LogP contribution >= 0.6 is 27.3 Å². The lowest BCUT2D eigenvalue weighted by atomic mass is 10.2. The van der Waals surface area contributed by atoms with Gasteiger partial charge in [0.1, 0.15) is 4.88 Å². The van der Waals surface area contributed by atoms with Crippen molar-refractivity contribution in [1.82, 2.24) is 0 Å². The van der Waals surface area contributed by atoms with Crippen LogP contribution in [0.15, 0.2) is 40.2 Å². The van der Waals surface area contributed by atoms with Crippen LogP contribution in [0.4, 0.5) is 5.69 Å². The fourth-order valence-electron chi connectivity index (χ4n) is 1.64. The summed E-state index contributed by atoms with van der Waals surface area (Å²) in [4.78, 5) is 13.2. The summed E-state index contributed by atoms with van der Waals surface area (Å²) in [5.74, 6) is -0.873. The quantitative estimate of drug-likeness (QED) is 0.928. The molecule has 2 rings (SSSR count).